The Morgan fingerprint density at radius 2 is 1.71 bits per heavy atom. The molecule has 274 valence electrons. The number of phenolic OH excluding ortho intramolecular Hbond substituents is 1. The Morgan fingerprint density at radius 3 is 2.37 bits per heavy atom. The second kappa shape index (κ2) is 14.0. The van der Waals surface area contributed by atoms with Gasteiger partial charge in [0.1, 0.15) is 53.1 Å². The standard InChI is InChI=1S/C36H42N2O13/c39-23-14-24(19-8-10-22(11-9-19)47-21-6-2-3-7-21)48-25-15-26(30(28(40)27(23)25)51-35(45)12-4-1-5-13-35)49-34-29(41)31(42)36(46,32(50-34)33(43)44)16-20-17-37-18-38-20/h8-11,14-15,18,21,24,29,31-32,34,39-42,45-46H,1-7,12-13,16-17H2,(H,43,44)/t24?,29-,31+,32-,34-,36+/m1/s1. The Balaban J connectivity index is 1.20. The van der Waals surface area contributed by atoms with E-state index in [1.807, 2.05) is 12.1 Å². The first kappa shape index (κ1) is 35.0. The maximum Gasteiger partial charge on any atom is 0.336 e. The topological polar surface area (TPSA) is 230 Å². The fraction of sp³-hybridized carbons (Fsp3) is 0.528. The van der Waals surface area contributed by atoms with Crippen LogP contribution in [0.2, 0.25) is 0 Å². The maximum atomic E-state index is 12.4. The van der Waals surface area contributed by atoms with Gasteiger partial charge in [0.15, 0.2) is 17.6 Å². The van der Waals surface area contributed by atoms with Crippen LogP contribution in [0.1, 0.15) is 81.4 Å². The van der Waals surface area contributed by atoms with Gasteiger partial charge in [-0.2, -0.15) is 0 Å². The largest absolute Gasteiger partial charge is 0.507 e. The monoisotopic (exact) mass is 710 g/mol. The molecule has 51 heavy (non-hydrogen) atoms. The van der Waals surface area contributed by atoms with Crippen LogP contribution in [-0.2, 0) is 9.53 Å². The van der Waals surface area contributed by atoms with Gasteiger partial charge in [-0.25, -0.2) is 9.79 Å². The lowest BCUT2D eigenvalue weighted by molar-refractivity contribution is -0.303. The summed E-state index contributed by atoms with van der Waals surface area (Å²) in [5, 5.41) is 77.8. The first-order chi connectivity index (χ1) is 24.4. The molecule has 2 aliphatic carbocycles. The van der Waals surface area contributed by atoms with Crippen LogP contribution in [0.15, 0.2) is 46.4 Å². The summed E-state index contributed by atoms with van der Waals surface area (Å²) in [4.78, 5) is 20.2. The highest BCUT2D eigenvalue weighted by Gasteiger charge is 2.59. The van der Waals surface area contributed by atoms with Crippen LogP contribution >= 0.6 is 0 Å². The van der Waals surface area contributed by atoms with Crippen LogP contribution in [0.25, 0.3) is 5.76 Å². The average Bonchev–Trinajstić information content (AvgIpc) is 3.82. The predicted molar refractivity (Wildman–Crippen MR) is 179 cm³/mol. The van der Waals surface area contributed by atoms with Crippen molar-refractivity contribution in [2.24, 2.45) is 9.98 Å². The van der Waals surface area contributed by atoms with Crippen LogP contribution in [0.5, 0.6) is 28.7 Å². The Kier molecular flexibility index (Phi) is 9.58. The molecule has 0 aromatic heterocycles. The number of carboxylic acid groups (broad SMARTS) is 1. The SMILES string of the molecule is O=C(O)[C@H]1O[C@@H](Oc2cc3c(c(O)c2OC2(O)CCCCC2)C(O)=CC(c2ccc(OC4CCCC4)cc2)O3)[C@H](O)[C@H](O)[C@@]1(O)CC1=NC=NC1. The van der Waals surface area contributed by atoms with Crippen LogP contribution in [-0.4, -0.2) is 102 Å². The van der Waals surface area contributed by atoms with Crippen molar-refractivity contribution in [1.29, 1.82) is 0 Å². The Labute approximate surface area is 293 Å². The number of nitrogens with zero attached hydrogens (tertiary/aromatic N) is 2. The minimum absolute atomic E-state index is 0.0656. The second-order valence-corrected chi connectivity index (χ2v) is 13.8. The number of fused-ring (bicyclic) bond motifs is 1. The van der Waals surface area contributed by atoms with Crippen molar-refractivity contribution in [2.45, 2.75) is 112 Å². The molecule has 0 spiro atoms. The van der Waals surface area contributed by atoms with Gasteiger partial charge in [-0.3, -0.25) is 4.99 Å². The van der Waals surface area contributed by atoms with Gasteiger partial charge in [-0.15, -0.1) is 0 Å². The van der Waals surface area contributed by atoms with E-state index < -0.39 is 66.0 Å². The molecule has 3 aliphatic heterocycles. The quantitative estimate of drug-likeness (QED) is 0.176. The van der Waals surface area contributed by atoms with Gasteiger partial charge in [-0.1, -0.05) is 18.6 Å². The lowest BCUT2D eigenvalue weighted by Gasteiger charge is -2.46. The normalized spacial score (nSPS) is 30.2. The van der Waals surface area contributed by atoms with E-state index in [4.69, 9.17) is 23.7 Å². The highest BCUT2D eigenvalue weighted by Crippen LogP contribution is 2.52. The lowest BCUT2D eigenvalue weighted by atomic mass is 9.80. The molecule has 2 saturated carbocycles. The van der Waals surface area contributed by atoms with E-state index in [-0.39, 0.29) is 54.0 Å². The minimum Gasteiger partial charge on any atom is -0.507 e. The molecule has 1 unspecified atom stereocenters. The molecule has 3 heterocycles. The molecule has 15 heteroatoms. The summed E-state index contributed by atoms with van der Waals surface area (Å²) < 4.78 is 29.8. The summed E-state index contributed by atoms with van der Waals surface area (Å²) in [5.74, 6) is -4.57. The third kappa shape index (κ3) is 6.96. The molecule has 2 aromatic carbocycles. The van der Waals surface area contributed by atoms with Gasteiger partial charge >= 0.3 is 5.97 Å². The average molecular weight is 711 g/mol. The summed E-state index contributed by atoms with van der Waals surface area (Å²) in [6, 6.07) is 8.45. The number of aromatic hydroxyl groups is 1. The number of aliphatic imine (C=N–C) groups is 2. The molecule has 3 fully saturated rings. The Morgan fingerprint density at radius 1 is 0.980 bits per heavy atom. The minimum atomic E-state index is -2.52. The van der Waals surface area contributed by atoms with Crippen LogP contribution < -0.4 is 18.9 Å². The highest BCUT2D eigenvalue weighted by molar-refractivity contribution is 5.97. The first-order valence-electron chi connectivity index (χ1n) is 17.3. The number of rotatable bonds is 10. The van der Waals surface area contributed by atoms with Gasteiger partial charge in [-0.05, 0) is 56.2 Å². The second-order valence-electron chi connectivity index (χ2n) is 13.8. The van der Waals surface area contributed by atoms with Crippen LogP contribution in [0.3, 0.4) is 0 Å². The van der Waals surface area contributed by atoms with Gasteiger partial charge in [0.05, 0.1) is 12.6 Å². The van der Waals surface area contributed by atoms with E-state index in [0.29, 0.717) is 24.2 Å². The summed E-state index contributed by atoms with van der Waals surface area (Å²) in [6.45, 7) is 0.0656. The third-order valence-electron chi connectivity index (χ3n) is 10.1. The molecule has 0 radical (unpaired) electrons. The number of benzene rings is 2. The fourth-order valence-electron chi connectivity index (χ4n) is 7.39. The molecular formula is C36H42N2O13. The van der Waals surface area contributed by atoms with E-state index >= 15 is 0 Å². The Bertz CT molecular complexity index is 1710. The van der Waals surface area contributed by atoms with E-state index in [9.17, 15) is 40.5 Å². The number of hydrogen-bond donors (Lipinski definition) is 7. The van der Waals surface area contributed by atoms with E-state index in [1.165, 1.54) is 18.5 Å². The molecular weight excluding hydrogens is 668 g/mol. The number of phenols is 1. The van der Waals surface area contributed by atoms with Crippen molar-refractivity contribution in [1.82, 2.24) is 0 Å². The first-order valence-corrected chi connectivity index (χ1v) is 17.3. The molecule has 1 saturated heterocycles. The smallest absolute Gasteiger partial charge is 0.336 e. The maximum absolute atomic E-state index is 12.4. The number of ether oxygens (including phenoxy) is 5. The molecule has 7 N–H and O–H groups in total. The molecule has 2 aromatic rings. The number of hydrogen-bond acceptors (Lipinski definition) is 14. The van der Waals surface area contributed by atoms with Gasteiger partial charge in [0.25, 0.3) is 0 Å². The van der Waals surface area contributed by atoms with E-state index in [2.05, 4.69) is 9.98 Å². The molecule has 0 amide bonds. The molecule has 6 atom stereocenters. The molecule has 15 nitrogen and oxygen atoms in total. The molecule has 5 aliphatic rings. The van der Waals surface area contributed by atoms with Crippen molar-refractivity contribution >= 4 is 23.8 Å². The fourth-order valence-corrected chi connectivity index (χ4v) is 7.39. The zero-order chi connectivity index (χ0) is 35.9. The number of aliphatic carboxylic acids is 1. The van der Waals surface area contributed by atoms with E-state index in [1.54, 1.807) is 12.1 Å². The van der Waals surface area contributed by atoms with Crippen molar-refractivity contribution < 1.29 is 64.2 Å². The highest BCUT2D eigenvalue weighted by atomic mass is 16.7. The zero-order valence-corrected chi connectivity index (χ0v) is 27.8. The number of aliphatic hydroxyl groups excluding tert-OH is 3. The lowest BCUT2D eigenvalue weighted by Crippen LogP contribution is -2.69. The van der Waals surface area contributed by atoms with Gasteiger partial charge in [0.2, 0.25) is 17.8 Å². The summed E-state index contributed by atoms with van der Waals surface area (Å²) in [6.07, 6.45) is 0.167. The van der Waals surface area contributed by atoms with Crippen LogP contribution in [0.4, 0.5) is 0 Å². The van der Waals surface area contributed by atoms with Gasteiger partial charge < -0.3 is 59.4 Å². The summed E-state index contributed by atoms with van der Waals surface area (Å²) >= 11 is 0. The number of aliphatic hydroxyl groups is 5. The predicted octanol–water partition coefficient (Wildman–Crippen LogP) is 3.29. The van der Waals surface area contributed by atoms with Crippen molar-refractivity contribution in [3.63, 3.8) is 0 Å². The van der Waals surface area contributed by atoms with Gasteiger partial charge in [0, 0.05) is 37.1 Å². The number of carboxylic acids is 1. The van der Waals surface area contributed by atoms with Crippen LogP contribution in [0, 0.1) is 0 Å². The summed E-state index contributed by atoms with van der Waals surface area (Å²) in [7, 11) is 0. The molecule has 0 bridgehead atoms. The van der Waals surface area contributed by atoms with Crippen molar-refractivity contribution in [3.8, 4) is 28.7 Å². The zero-order valence-electron chi connectivity index (χ0n) is 27.8. The summed E-state index contributed by atoms with van der Waals surface area (Å²) in [5.41, 5.74) is -1.75. The van der Waals surface area contributed by atoms with Crippen molar-refractivity contribution in [3.05, 3.63) is 47.5 Å². The third-order valence-corrected chi connectivity index (χ3v) is 10.1. The Hall–Kier alpha value is -4.41. The number of carbonyl (C=O) groups is 1. The molecule has 7 rings (SSSR count). The van der Waals surface area contributed by atoms with Crippen molar-refractivity contribution in [2.75, 3.05) is 6.54 Å². The van der Waals surface area contributed by atoms with E-state index in [0.717, 1.165) is 32.1 Å².